The van der Waals surface area contributed by atoms with E-state index in [9.17, 15) is 4.39 Å². The molecule has 0 aromatic heterocycles. The third-order valence-electron chi connectivity index (χ3n) is 3.89. The molecule has 0 spiro atoms. The lowest BCUT2D eigenvalue weighted by atomic mass is 9.81. The van der Waals surface area contributed by atoms with Gasteiger partial charge in [-0.25, -0.2) is 4.39 Å². The van der Waals surface area contributed by atoms with Crippen LogP contribution in [0.3, 0.4) is 0 Å². The van der Waals surface area contributed by atoms with Crippen LogP contribution < -0.4 is 10.2 Å². The van der Waals surface area contributed by atoms with E-state index in [4.69, 9.17) is 0 Å². The normalized spacial score (nSPS) is 13.7. The molecule has 0 aliphatic carbocycles. The lowest BCUT2D eigenvalue weighted by Crippen LogP contribution is -2.43. The van der Waals surface area contributed by atoms with Crippen LogP contribution in [0.4, 0.5) is 10.1 Å². The maximum atomic E-state index is 13.0. The van der Waals surface area contributed by atoms with Gasteiger partial charge in [-0.2, -0.15) is 0 Å². The maximum Gasteiger partial charge on any atom is 0.123 e. The Balaban J connectivity index is 2.21. The molecule has 21 heavy (non-hydrogen) atoms. The quantitative estimate of drug-likeness (QED) is 0.875. The first-order valence-corrected chi connectivity index (χ1v) is 7.22. The van der Waals surface area contributed by atoms with Gasteiger partial charge in [0.1, 0.15) is 5.82 Å². The minimum absolute atomic E-state index is 0.0147. The summed E-state index contributed by atoms with van der Waals surface area (Å²) < 4.78 is 13.0. The van der Waals surface area contributed by atoms with Gasteiger partial charge < -0.3 is 10.2 Å². The van der Waals surface area contributed by atoms with Crippen molar-refractivity contribution in [2.24, 2.45) is 0 Å². The molecule has 112 valence electrons. The van der Waals surface area contributed by atoms with E-state index in [1.807, 2.05) is 32.3 Å². The molecule has 0 heterocycles. The Kier molecular flexibility index (Phi) is 4.97. The summed E-state index contributed by atoms with van der Waals surface area (Å²) in [6.07, 6.45) is 0. The standard InChI is InChI=1S/C18H23FN2/c1-18(13-20-2,15-7-5-4-6-8-15)14-21(3)17-11-9-16(19)10-12-17/h4-12,20H,13-14H2,1-3H3. The lowest BCUT2D eigenvalue weighted by Gasteiger charge is -2.35. The van der Waals surface area contributed by atoms with Crippen LogP contribution in [0.5, 0.6) is 0 Å². The Hall–Kier alpha value is -1.87. The second-order valence-electron chi connectivity index (χ2n) is 5.79. The smallest absolute Gasteiger partial charge is 0.123 e. The van der Waals surface area contributed by atoms with Crippen LogP contribution in [-0.4, -0.2) is 27.2 Å². The summed E-state index contributed by atoms with van der Waals surface area (Å²) in [4.78, 5) is 2.17. The van der Waals surface area contributed by atoms with Crippen LogP contribution in [0.15, 0.2) is 54.6 Å². The first-order valence-electron chi connectivity index (χ1n) is 7.22. The fraction of sp³-hybridized carbons (Fsp3) is 0.333. The number of likely N-dealkylation sites (N-methyl/N-ethyl adjacent to an activating group) is 2. The molecule has 0 saturated carbocycles. The highest BCUT2D eigenvalue weighted by Crippen LogP contribution is 2.26. The molecular weight excluding hydrogens is 263 g/mol. The molecule has 1 atom stereocenters. The SMILES string of the molecule is CNCC(C)(CN(C)c1ccc(F)cc1)c1ccccc1. The fourth-order valence-corrected chi connectivity index (χ4v) is 2.79. The highest BCUT2D eigenvalue weighted by molar-refractivity contribution is 5.46. The zero-order chi connectivity index (χ0) is 15.3. The van der Waals surface area contributed by atoms with Crippen molar-refractivity contribution < 1.29 is 4.39 Å². The molecule has 2 rings (SSSR count). The van der Waals surface area contributed by atoms with Crippen LogP contribution in [0.25, 0.3) is 0 Å². The van der Waals surface area contributed by atoms with E-state index < -0.39 is 0 Å². The van der Waals surface area contributed by atoms with Crippen LogP contribution in [0, 0.1) is 5.82 Å². The molecule has 0 aliphatic rings. The van der Waals surface area contributed by atoms with Crippen molar-refractivity contribution in [2.45, 2.75) is 12.3 Å². The molecule has 0 aliphatic heterocycles. The molecule has 0 fully saturated rings. The van der Waals surface area contributed by atoms with Crippen LogP contribution in [0.2, 0.25) is 0 Å². The number of hydrogen-bond donors (Lipinski definition) is 1. The van der Waals surface area contributed by atoms with Gasteiger partial charge in [-0.15, -0.1) is 0 Å². The van der Waals surface area contributed by atoms with Crippen molar-refractivity contribution >= 4 is 5.69 Å². The Labute approximate surface area is 126 Å². The Morgan fingerprint density at radius 3 is 2.24 bits per heavy atom. The summed E-state index contributed by atoms with van der Waals surface area (Å²) in [5.74, 6) is -0.201. The van der Waals surface area contributed by atoms with Gasteiger partial charge >= 0.3 is 0 Å². The molecule has 3 heteroatoms. The summed E-state index contributed by atoms with van der Waals surface area (Å²) >= 11 is 0. The molecule has 0 saturated heterocycles. The average Bonchev–Trinajstić information content (AvgIpc) is 2.49. The van der Waals surface area contributed by atoms with Gasteiger partial charge in [-0.1, -0.05) is 37.3 Å². The van der Waals surface area contributed by atoms with E-state index in [-0.39, 0.29) is 11.2 Å². The van der Waals surface area contributed by atoms with Gasteiger partial charge in [0.15, 0.2) is 0 Å². The summed E-state index contributed by atoms with van der Waals surface area (Å²) in [7, 11) is 4.02. The number of hydrogen-bond acceptors (Lipinski definition) is 2. The number of halogens is 1. The minimum atomic E-state index is -0.201. The Morgan fingerprint density at radius 2 is 1.67 bits per heavy atom. The van der Waals surface area contributed by atoms with E-state index in [1.54, 1.807) is 0 Å². The highest BCUT2D eigenvalue weighted by atomic mass is 19.1. The zero-order valence-electron chi connectivity index (χ0n) is 12.9. The van der Waals surface area contributed by atoms with Crippen LogP contribution in [0.1, 0.15) is 12.5 Å². The van der Waals surface area contributed by atoms with Gasteiger partial charge in [-0.3, -0.25) is 0 Å². The van der Waals surface area contributed by atoms with Crippen molar-refractivity contribution in [3.05, 3.63) is 66.0 Å². The van der Waals surface area contributed by atoms with Crippen LogP contribution in [-0.2, 0) is 5.41 Å². The van der Waals surface area contributed by atoms with Crippen molar-refractivity contribution in [3.63, 3.8) is 0 Å². The summed E-state index contributed by atoms with van der Waals surface area (Å²) in [6, 6.07) is 17.1. The van der Waals surface area contributed by atoms with E-state index in [0.717, 1.165) is 18.8 Å². The number of benzene rings is 2. The van der Waals surface area contributed by atoms with E-state index in [2.05, 4.69) is 41.4 Å². The molecule has 0 amide bonds. The monoisotopic (exact) mass is 286 g/mol. The third-order valence-corrected chi connectivity index (χ3v) is 3.89. The van der Waals surface area contributed by atoms with Crippen molar-refractivity contribution in [2.75, 3.05) is 32.1 Å². The largest absolute Gasteiger partial charge is 0.374 e. The van der Waals surface area contributed by atoms with Crippen molar-refractivity contribution in [1.82, 2.24) is 5.32 Å². The van der Waals surface area contributed by atoms with Crippen molar-refractivity contribution in [3.8, 4) is 0 Å². The first kappa shape index (κ1) is 15.5. The summed E-state index contributed by atoms with van der Waals surface area (Å²) in [5, 5.41) is 3.29. The van der Waals surface area contributed by atoms with Gasteiger partial charge in [0.25, 0.3) is 0 Å². The van der Waals surface area contributed by atoms with Gasteiger partial charge in [-0.05, 0) is 36.9 Å². The molecule has 0 radical (unpaired) electrons. The second-order valence-corrected chi connectivity index (χ2v) is 5.79. The Morgan fingerprint density at radius 1 is 1.05 bits per heavy atom. The maximum absolute atomic E-state index is 13.0. The van der Waals surface area contributed by atoms with Gasteiger partial charge in [0.05, 0.1) is 0 Å². The summed E-state index contributed by atoms with van der Waals surface area (Å²) in [5.41, 5.74) is 2.31. The molecule has 2 aromatic rings. The number of anilines is 1. The number of nitrogens with one attached hydrogen (secondary N) is 1. The zero-order valence-corrected chi connectivity index (χ0v) is 12.9. The molecule has 1 N–H and O–H groups in total. The predicted molar refractivity (Wildman–Crippen MR) is 87.4 cm³/mol. The Bertz CT molecular complexity index is 553. The third kappa shape index (κ3) is 3.82. The lowest BCUT2D eigenvalue weighted by molar-refractivity contribution is 0.451. The molecular formula is C18H23FN2. The van der Waals surface area contributed by atoms with Crippen molar-refractivity contribution in [1.29, 1.82) is 0 Å². The number of rotatable bonds is 6. The minimum Gasteiger partial charge on any atom is -0.374 e. The second kappa shape index (κ2) is 6.72. The first-order chi connectivity index (χ1) is 10.0. The van der Waals surface area contributed by atoms with Gasteiger partial charge in [0, 0.05) is 31.2 Å². The molecule has 1 unspecified atom stereocenters. The summed E-state index contributed by atoms with van der Waals surface area (Å²) in [6.45, 7) is 3.98. The van der Waals surface area contributed by atoms with Crippen LogP contribution >= 0.6 is 0 Å². The van der Waals surface area contributed by atoms with Gasteiger partial charge in [0.2, 0.25) is 0 Å². The topological polar surface area (TPSA) is 15.3 Å². The average molecular weight is 286 g/mol. The van der Waals surface area contributed by atoms with E-state index >= 15 is 0 Å². The predicted octanol–water partition coefficient (Wildman–Crippen LogP) is 3.44. The van der Waals surface area contributed by atoms with E-state index in [0.29, 0.717) is 0 Å². The number of nitrogens with zero attached hydrogens (tertiary/aromatic N) is 1. The van der Waals surface area contributed by atoms with E-state index in [1.165, 1.54) is 17.7 Å². The molecule has 2 nitrogen and oxygen atoms in total. The molecule has 0 bridgehead atoms. The molecule has 2 aromatic carbocycles. The fourth-order valence-electron chi connectivity index (χ4n) is 2.79. The highest BCUT2D eigenvalue weighted by Gasteiger charge is 2.27.